The summed E-state index contributed by atoms with van der Waals surface area (Å²) in [6, 6.07) is 6.12. The van der Waals surface area contributed by atoms with E-state index in [1.807, 2.05) is 6.07 Å². The minimum Gasteiger partial charge on any atom is -0.497 e. The maximum absolute atomic E-state index is 12.5. The Labute approximate surface area is 135 Å². The Kier molecular flexibility index (Phi) is 3.12. The predicted molar refractivity (Wildman–Crippen MR) is 88.2 cm³/mol. The van der Waals surface area contributed by atoms with E-state index in [0.29, 0.717) is 17.6 Å². The molecule has 0 aliphatic heterocycles. The number of Topliss-reactive ketones (excluding diaryl/α,β-unsaturated/α-hetero) is 1. The van der Waals surface area contributed by atoms with Crippen LogP contribution in [-0.4, -0.2) is 18.7 Å². The number of methoxy groups -OCH3 is 1. The quantitative estimate of drug-likeness (QED) is 0.747. The second kappa shape index (κ2) is 5.05. The highest BCUT2D eigenvalue weighted by Gasteiger charge is 2.37. The Morgan fingerprint density at radius 3 is 2.83 bits per heavy atom. The average Bonchev–Trinajstić information content (AvgIpc) is 2.57. The molecule has 3 aliphatic carbocycles. The monoisotopic (exact) mass is 306 g/mol. The summed E-state index contributed by atoms with van der Waals surface area (Å²) in [6.45, 7) is 1.73. The topological polar surface area (TPSA) is 43.4 Å². The molecule has 0 heterocycles. The molecule has 0 spiro atoms. The molecule has 116 valence electrons. The molecule has 1 atom stereocenters. The number of aryl methyl sites for hydroxylation is 1. The number of carbonyl (C=O) groups is 2. The van der Waals surface area contributed by atoms with Gasteiger partial charge in [0.25, 0.3) is 0 Å². The fourth-order valence-corrected chi connectivity index (χ4v) is 4.03. The molecule has 0 unspecified atom stereocenters. The molecule has 3 heteroatoms. The molecule has 1 aromatic carbocycles. The van der Waals surface area contributed by atoms with Crippen molar-refractivity contribution in [3.05, 3.63) is 58.2 Å². The molecule has 0 saturated carbocycles. The van der Waals surface area contributed by atoms with Gasteiger partial charge in [-0.1, -0.05) is 12.1 Å². The normalized spacial score (nSPS) is 22.8. The summed E-state index contributed by atoms with van der Waals surface area (Å²) in [4.78, 5) is 24.9. The summed E-state index contributed by atoms with van der Waals surface area (Å²) in [5.41, 5.74) is 5.66. The first kappa shape index (κ1) is 14.2. The summed E-state index contributed by atoms with van der Waals surface area (Å²) in [5, 5.41) is 0. The van der Waals surface area contributed by atoms with E-state index in [1.54, 1.807) is 14.0 Å². The van der Waals surface area contributed by atoms with Crippen molar-refractivity contribution < 1.29 is 14.3 Å². The second-order valence-corrected chi connectivity index (χ2v) is 6.39. The number of allylic oxidation sites excluding steroid dienone is 6. The number of rotatable bonds is 1. The molecule has 4 rings (SSSR count). The van der Waals surface area contributed by atoms with E-state index < -0.39 is 0 Å². The zero-order chi connectivity index (χ0) is 16.1. The van der Waals surface area contributed by atoms with Gasteiger partial charge < -0.3 is 4.74 Å². The maximum Gasteiger partial charge on any atom is 0.185 e. The minimum atomic E-state index is 0.0182. The molecule has 3 nitrogen and oxygen atoms in total. The van der Waals surface area contributed by atoms with Crippen LogP contribution in [0.4, 0.5) is 0 Å². The fourth-order valence-electron chi connectivity index (χ4n) is 4.03. The molecular weight excluding hydrogens is 288 g/mol. The van der Waals surface area contributed by atoms with Gasteiger partial charge in [0.15, 0.2) is 11.6 Å². The van der Waals surface area contributed by atoms with Gasteiger partial charge in [-0.25, -0.2) is 0 Å². The number of ether oxygens (including phenoxy) is 1. The fraction of sp³-hybridized carbons (Fsp3) is 0.300. The molecule has 0 aromatic heterocycles. The van der Waals surface area contributed by atoms with Gasteiger partial charge in [0.2, 0.25) is 0 Å². The lowest BCUT2D eigenvalue weighted by Gasteiger charge is -2.34. The van der Waals surface area contributed by atoms with Crippen molar-refractivity contribution in [3.8, 4) is 5.75 Å². The van der Waals surface area contributed by atoms with Crippen LogP contribution < -0.4 is 4.74 Å². The van der Waals surface area contributed by atoms with Crippen molar-refractivity contribution in [1.29, 1.82) is 0 Å². The van der Waals surface area contributed by atoms with Gasteiger partial charge in [0.05, 0.1) is 7.11 Å². The third kappa shape index (κ3) is 2.03. The minimum absolute atomic E-state index is 0.0182. The molecule has 0 bridgehead atoms. The second-order valence-electron chi connectivity index (χ2n) is 6.39. The molecule has 0 radical (unpaired) electrons. The van der Waals surface area contributed by atoms with Crippen LogP contribution in [0.2, 0.25) is 0 Å². The highest BCUT2D eigenvalue weighted by atomic mass is 16.5. The average molecular weight is 306 g/mol. The van der Waals surface area contributed by atoms with Crippen LogP contribution in [0.25, 0.3) is 5.57 Å². The highest BCUT2D eigenvalue weighted by molar-refractivity contribution is 6.24. The molecule has 0 saturated heterocycles. The summed E-state index contributed by atoms with van der Waals surface area (Å²) in [6.07, 6.45) is 5.97. The van der Waals surface area contributed by atoms with Crippen LogP contribution >= 0.6 is 0 Å². The summed E-state index contributed by atoms with van der Waals surface area (Å²) < 4.78 is 5.31. The van der Waals surface area contributed by atoms with Gasteiger partial charge in [-0.05, 0) is 61.1 Å². The van der Waals surface area contributed by atoms with Crippen LogP contribution in [0.1, 0.15) is 30.9 Å². The molecule has 1 aromatic rings. The van der Waals surface area contributed by atoms with E-state index in [0.717, 1.165) is 24.2 Å². The smallest absolute Gasteiger partial charge is 0.185 e. The van der Waals surface area contributed by atoms with Crippen LogP contribution in [0, 0.1) is 5.92 Å². The Morgan fingerprint density at radius 2 is 2.04 bits per heavy atom. The largest absolute Gasteiger partial charge is 0.497 e. The first-order chi connectivity index (χ1) is 11.1. The van der Waals surface area contributed by atoms with E-state index in [9.17, 15) is 9.59 Å². The van der Waals surface area contributed by atoms with E-state index in [2.05, 4.69) is 18.2 Å². The standard InChI is InChI=1S/C20H18O3/c1-11-9-18(21)19-16-5-3-12-10-13(23-2)4-6-14(12)15(16)7-8-17(19)20(11)22/h4,6-7,9-10,16H,3,5,8H2,1-2H3/t16-/m0/s1. The first-order valence-corrected chi connectivity index (χ1v) is 7.98. The summed E-state index contributed by atoms with van der Waals surface area (Å²) in [5.74, 6) is 0.974. The van der Waals surface area contributed by atoms with Crippen LogP contribution in [-0.2, 0) is 16.0 Å². The van der Waals surface area contributed by atoms with E-state index in [1.165, 1.54) is 22.8 Å². The van der Waals surface area contributed by atoms with Crippen molar-refractivity contribution in [3.63, 3.8) is 0 Å². The molecule has 0 amide bonds. The lowest BCUT2D eigenvalue weighted by atomic mass is 9.68. The Hall–Kier alpha value is -2.42. The van der Waals surface area contributed by atoms with Crippen LogP contribution in [0.15, 0.2) is 47.1 Å². The predicted octanol–water partition coefficient (Wildman–Crippen LogP) is 3.44. The Balaban J connectivity index is 1.79. The number of hydrogen-bond acceptors (Lipinski definition) is 3. The zero-order valence-corrected chi connectivity index (χ0v) is 13.3. The lowest BCUT2D eigenvalue weighted by Crippen LogP contribution is -2.28. The third-order valence-corrected chi connectivity index (χ3v) is 5.15. The lowest BCUT2D eigenvalue weighted by molar-refractivity contribution is -0.116. The number of hydrogen-bond donors (Lipinski definition) is 0. The van der Waals surface area contributed by atoms with Gasteiger partial charge in [-0.3, -0.25) is 9.59 Å². The number of carbonyl (C=O) groups excluding carboxylic acids is 2. The van der Waals surface area contributed by atoms with E-state index in [4.69, 9.17) is 4.74 Å². The van der Waals surface area contributed by atoms with Gasteiger partial charge in [0.1, 0.15) is 5.75 Å². The Bertz CT molecular complexity index is 836. The molecule has 3 aliphatic rings. The van der Waals surface area contributed by atoms with Gasteiger partial charge >= 0.3 is 0 Å². The highest BCUT2D eigenvalue weighted by Crippen LogP contribution is 2.46. The molecule has 23 heavy (non-hydrogen) atoms. The first-order valence-electron chi connectivity index (χ1n) is 7.98. The molecular formula is C20H18O3. The van der Waals surface area contributed by atoms with Crippen molar-refractivity contribution in [2.75, 3.05) is 7.11 Å². The number of benzene rings is 1. The third-order valence-electron chi connectivity index (χ3n) is 5.15. The molecule has 0 N–H and O–H groups in total. The van der Waals surface area contributed by atoms with E-state index in [-0.39, 0.29) is 17.5 Å². The number of fused-ring (bicyclic) bond motifs is 4. The number of ketones is 2. The van der Waals surface area contributed by atoms with Crippen molar-refractivity contribution >= 4 is 17.1 Å². The summed E-state index contributed by atoms with van der Waals surface area (Å²) >= 11 is 0. The van der Waals surface area contributed by atoms with Crippen LogP contribution in [0.5, 0.6) is 5.75 Å². The molecule has 0 fully saturated rings. The van der Waals surface area contributed by atoms with E-state index >= 15 is 0 Å². The zero-order valence-electron chi connectivity index (χ0n) is 13.3. The van der Waals surface area contributed by atoms with Gasteiger partial charge in [-0.2, -0.15) is 0 Å². The maximum atomic E-state index is 12.5. The van der Waals surface area contributed by atoms with Gasteiger partial charge in [-0.15, -0.1) is 0 Å². The SMILES string of the molecule is COc1ccc2c(c1)CC[C@H]1C2=CCC2=C1C(=O)C=C(C)C2=O. The summed E-state index contributed by atoms with van der Waals surface area (Å²) in [7, 11) is 1.67. The van der Waals surface area contributed by atoms with Crippen molar-refractivity contribution in [1.82, 2.24) is 0 Å². The van der Waals surface area contributed by atoms with Gasteiger partial charge in [0, 0.05) is 22.6 Å². The van der Waals surface area contributed by atoms with Crippen molar-refractivity contribution in [2.45, 2.75) is 26.2 Å². The van der Waals surface area contributed by atoms with Crippen LogP contribution in [0.3, 0.4) is 0 Å². The Morgan fingerprint density at radius 1 is 1.22 bits per heavy atom. The van der Waals surface area contributed by atoms with Crippen molar-refractivity contribution in [2.24, 2.45) is 5.92 Å².